The number of carbonyl (C=O) groups is 2. The first-order chi connectivity index (χ1) is 38.0. The number of nitrogens with zero attached hydrogens (tertiary/aromatic N) is 1. The van der Waals surface area contributed by atoms with E-state index in [0.717, 1.165) is 128 Å². The van der Waals surface area contributed by atoms with Crippen LogP contribution in [0.15, 0.2) is 194 Å². The Morgan fingerprint density at radius 1 is 0.397 bits per heavy atom. The van der Waals surface area contributed by atoms with E-state index < -0.39 is 32.5 Å². The number of phosphoric ester groups is 1. The molecule has 0 aromatic carbocycles. The summed E-state index contributed by atoms with van der Waals surface area (Å²) in [5.74, 6) is -0.926. The lowest BCUT2D eigenvalue weighted by atomic mass is 10.1. The van der Waals surface area contributed by atoms with Gasteiger partial charge in [-0.25, -0.2) is 4.57 Å². The van der Waals surface area contributed by atoms with Gasteiger partial charge in [-0.3, -0.25) is 18.6 Å². The molecule has 0 heterocycles. The lowest BCUT2D eigenvalue weighted by Crippen LogP contribution is -2.37. The van der Waals surface area contributed by atoms with Crippen molar-refractivity contribution in [2.24, 2.45) is 0 Å². The minimum atomic E-state index is -4.42. The summed E-state index contributed by atoms with van der Waals surface area (Å²) in [5, 5.41) is 0. The number of allylic oxidation sites excluding steroid dienone is 32. The molecule has 0 radical (unpaired) electrons. The molecule has 1 N–H and O–H groups in total. The summed E-state index contributed by atoms with van der Waals surface area (Å²) in [6, 6.07) is 0. The molecule has 9 nitrogen and oxygen atoms in total. The monoisotopic (exact) mass is 1090 g/mol. The minimum Gasteiger partial charge on any atom is -0.462 e. The molecule has 0 aromatic heterocycles. The van der Waals surface area contributed by atoms with Crippen molar-refractivity contribution in [3.8, 4) is 0 Å². The Hall–Kier alpha value is -5.15. The molecule has 0 rings (SSSR count). The molecule has 0 fully saturated rings. The highest BCUT2D eigenvalue weighted by Crippen LogP contribution is 2.43. The first-order valence-electron chi connectivity index (χ1n) is 29.2. The number of ether oxygens (including phenoxy) is 2. The quantitative estimate of drug-likeness (QED) is 0.0211. The fourth-order valence-corrected chi connectivity index (χ4v) is 7.44. The summed E-state index contributed by atoms with van der Waals surface area (Å²) in [5.41, 5.74) is 0. The van der Waals surface area contributed by atoms with E-state index in [-0.39, 0.29) is 26.1 Å². The second-order valence-electron chi connectivity index (χ2n) is 19.6. The van der Waals surface area contributed by atoms with E-state index in [9.17, 15) is 19.0 Å². The summed E-state index contributed by atoms with van der Waals surface area (Å²) >= 11 is 0. The average Bonchev–Trinajstić information content (AvgIpc) is 3.41. The van der Waals surface area contributed by atoms with Gasteiger partial charge >= 0.3 is 19.8 Å². The molecular formula is C68H105NO8P+. The van der Waals surface area contributed by atoms with Crippen molar-refractivity contribution in [1.29, 1.82) is 0 Å². The third kappa shape index (κ3) is 60.1. The Labute approximate surface area is 475 Å². The Balaban J connectivity index is 4.33. The maximum Gasteiger partial charge on any atom is 0.472 e. The summed E-state index contributed by atoms with van der Waals surface area (Å²) in [6.45, 7) is 4.05. The van der Waals surface area contributed by atoms with Gasteiger partial charge in [-0.05, 0) is 135 Å². The number of quaternary nitrogens is 1. The molecule has 0 saturated carbocycles. The zero-order valence-electron chi connectivity index (χ0n) is 49.1. The summed E-state index contributed by atoms with van der Waals surface area (Å²) in [7, 11) is 1.39. The standard InChI is InChI=1S/C68H104NO8P/c1-6-8-10-12-14-16-18-20-22-24-25-26-27-28-29-30-31-32-33-34-35-36-37-38-39-40-41-42-43-45-47-49-51-53-55-57-59-61-68(71)77-66(65-76-78(72,73)75-63-62-69(3,4)5)64-74-67(70)60-58-56-54-52-50-48-46-44-23-21-19-17-15-13-11-9-7-2/h8-11,14-17,20-23,25-26,28-29,31-32,34-35,37-38,40-41,43,45-46,48-49,51-52,54,66H,6-7,12-13,18-19,24,27,30,33,36,39,42,44,47,50,53,55-65H2,1-5H3/p+1/b10-8-,11-9-,16-14-,17-15-,22-20-,23-21-,26-25-,29-28-,32-31-,35-34-,38-37-,41-40-,45-43-,48-46-,51-49-,54-52-. The van der Waals surface area contributed by atoms with Gasteiger partial charge in [-0.15, -0.1) is 0 Å². The Bertz CT molecular complexity index is 2010. The zero-order chi connectivity index (χ0) is 57.0. The van der Waals surface area contributed by atoms with Gasteiger partial charge in [0.2, 0.25) is 0 Å². The van der Waals surface area contributed by atoms with Gasteiger partial charge in [-0.1, -0.05) is 215 Å². The number of rotatable bonds is 50. The number of carbonyl (C=O) groups excluding carboxylic acids is 2. The van der Waals surface area contributed by atoms with Gasteiger partial charge in [0.1, 0.15) is 19.8 Å². The van der Waals surface area contributed by atoms with Gasteiger partial charge in [-0.2, -0.15) is 0 Å². The highest BCUT2D eigenvalue weighted by Gasteiger charge is 2.27. The van der Waals surface area contributed by atoms with Gasteiger partial charge in [0.15, 0.2) is 6.10 Å². The molecule has 0 aliphatic carbocycles. The predicted molar refractivity (Wildman–Crippen MR) is 334 cm³/mol. The van der Waals surface area contributed by atoms with Gasteiger partial charge in [0.05, 0.1) is 27.7 Å². The molecule has 0 saturated heterocycles. The van der Waals surface area contributed by atoms with Crippen LogP contribution in [0.1, 0.15) is 168 Å². The average molecular weight is 1100 g/mol. The van der Waals surface area contributed by atoms with Crippen LogP contribution in [0, 0.1) is 0 Å². The molecule has 78 heavy (non-hydrogen) atoms. The van der Waals surface area contributed by atoms with Crippen molar-refractivity contribution in [3.05, 3.63) is 194 Å². The SMILES string of the molecule is CC/C=C\C/C=C\C/C=C\C/C=C\C/C=C\C/C=C\C/C=C\C/C=C\C/C=C\C/C=C\C/C=C\CCCCCC(=O)OC(COC(=O)CCC/C=C\C/C=C\C/C=C\C/C=C\C/C=C\CC)COP(=O)(O)OCC[N+](C)(C)C. The number of hydrogen-bond acceptors (Lipinski definition) is 7. The fourth-order valence-electron chi connectivity index (χ4n) is 6.70. The fraction of sp³-hybridized carbons (Fsp3) is 0.500. The lowest BCUT2D eigenvalue weighted by Gasteiger charge is -2.24. The van der Waals surface area contributed by atoms with Crippen LogP contribution in [0.25, 0.3) is 0 Å². The topological polar surface area (TPSA) is 108 Å². The zero-order valence-corrected chi connectivity index (χ0v) is 49.9. The Morgan fingerprint density at radius 2 is 0.705 bits per heavy atom. The van der Waals surface area contributed by atoms with E-state index in [1.54, 1.807) is 0 Å². The number of phosphoric acid groups is 1. The summed E-state index contributed by atoms with van der Waals surface area (Å²) in [6.07, 6.45) is 89.5. The number of unbranched alkanes of at least 4 members (excludes halogenated alkanes) is 4. The van der Waals surface area contributed by atoms with E-state index in [0.29, 0.717) is 23.9 Å². The molecule has 10 heteroatoms. The van der Waals surface area contributed by atoms with E-state index in [4.69, 9.17) is 18.5 Å². The largest absolute Gasteiger partial charge is 0.472 e. The highest BCUT2D eigenvalue weighted by molar-refractivity contribution is 7.47. The van der Waals surface area contributed by atoms with Gasteiger partial charge < -0.3 is 18.9 Å². The van der Waals surface area contributed by atoms with Crippen molar-refractivity contribution < 1.29 is 42.1 Å². The van der Waals surface area contributed by atoms with E-state index in [1.165, 1.54) is 0 Å². The second-order valence-corrected chi connectivity index (χ2v) is 21.0. The van der Waals surface area contributed by atoms with Gasteiger partial charge in [0.25, 0.3) is 0 Å². The third-order valence-electron chi connectivity index (χ3n) is 11.1. The van der Waals surface area contributed by atoms with Crippen LogP contribution < -0.4 is 0 Å². The van der Waals surface area contributed by atoms with Crippen LogP contribution >= 0.6 is 7.82 Å². The first-order valence-corrected chi connectivity index (χ1v) is 30.7. The Kier molecular flexibility index (Phi) is 52.8. The van der Waals surface area contributed by atoms with Crippen molar-refractivity contribution in [3.63, 3.8) is 0 Å². The smallest absolute Gasteiger partial charge is 0.462 e. The molecule has 0 spiro atoms. The van der Waals surface area contributed by atoms with Crippen LogP contribution in [-0.4, -0.2) is 74.9 Å². The molecule has 0 aromatic rings. The maximum atomic E-state index is 12.8. The molecule has 2 unspecified atom stereocenters. The van der Waals surface area contributed by atoms with Crippen molar-refractivity contribution in [1.82, 2.24) is 0 Å². The maximum absolute atomic E-state index is 12.8. The molecule has 2 atom stereocenters. The van der Waals surface area contributed by atoms with E-state index in [1.807, 2.05) is 27.2 Å². The van der Waals surface area contributed by atoms with Crippen LogP contribution in [0.3, 0.4) is 0 Å². The first kappa shape index (κ1) is 72.8. The normalized spacial score (nSPS) is 14.7. The molecule has 0 bridgehead atoms. The van der Waals surface area contributed by atoms with Crippen LogP contribution in [0.5, 0.6) is 0 Å². The number of esters is 2. The molecule has 434 valence electrons. The van der Waals surface area contributed by atoms with Crippen LogP contribution in [-0.2, 0) is 32.7 Å². The highest BCUT2D eigenvalue weighted by atomic mass is 31.2. The van der Waals surface area contributed by atoms with Gasteiger partial charge in [0, 0.05) is 12.8 Å². The van der Waals surface area contributed by atoms with Crippen molar-refractivity contribution in [2.75, 3.05) is 47.5 Å². The third-order valence-corrected chi connectivity index (χ3v) is 12.1. The van der Waals surface area contributed by atoms with E-state index >= 15 is 0 Å². The Morgan fingerprint density at radius 3 is 1.04 bits per heavy atom. The molecular weight excluding hydrogens is 990 g/mol. The van der Waals surface area contributed by atoms with Crippen LogP contribution in [0.2, 0.25) is 0 Å². The second kappa shape index (κ2) is 56.6. The minimum absolute atomic E-state index is 0.00388. The number of likely N-dealkylation sites (N-methyl/N-ethyl adjacent to an activating group) is 1. The molecule has 0 amide bonds. The van der Waals surface area contributed by atoms with Crippen molar-refractivity contribution in [2.45, 2.75) is 174 Å². The summed E-state index contributed by atoms with van der Waals surface area (Å²) in [4.78, 5) is 35.6. The summed E-state index contributed by atoms with van der Waals surface area (Å²) < 4.78 is 34.4. The number of hydrogen-bond donors (Lipinski definition) is 1. The predicted octanol–water partition coefficient (Wildman–Crippen LogP) is 18.6. The molecule has 0 aliphatic heterocycles. The van der Waals surface area contributed by atoms with E-state index in [2.05, 4.69) is 202 Å². The van der Waals surface area contributed by atoms with Crippen molar-refractivity contribution >= 4 is 19.8 Å². The molecule has 0 aliphatic rings. The lowest BCUT2D eigenvalue weighted by molar-refractivity contribution is -0.870. The van der Waals surface area contributed by atoms with Crippen LogP contribution in [0.4, 0.5) is 0 Å².